The molecule has 0 radical (unpaired) electrons. The number of oxazole rings is 1. The van der Waals surface area contributed by atoms with E-state index in [1.807, 2.05) is 54.6 Å². The Kier molecular flexibility index (Phi) is 7.01. The number of aromatic nitrogens is 2. The van der Waals surface area contributed by atoms with Gasteiger partial charge in [0.1, 0.15) is 11.3 Å². The monoisotopic (exact) mass is 676 g/mol. The molecule has 0 saturated carbocycles. The van der Waals surface area contributed by atoms with Gasteiger partial charge in [0.25, 0.3) is 0 Å². The van der Waals surface area contributed by atoms with Gasteiger partial charge in [-0.25, -0.2) is 4.98 Å². The Hall–Kier alpha value is -4.01. The zero-order valence-corrected chi connectivity index (χ0v) is 23.2. The third-order valence-electron chi connectivity index (χ3n) is 6.87. The summed E-state index contributed by atoms with van der Waals surface area (Å²) in [7, 11) is 0. The molecule has 4 aromatic carbocycles. The van der Waals surface area contributed by atoms with Gasteiger partial charge in [0.15, 0.2) is 0 Å². The number of hydrogen-bond acceptors (Lipinski definition) is 4. The first-order chi connectivity index (χ1) is 18.0. The number of rotatable bonds is 5. The van der Waals surface area contributed by atoms with Gasteiger partial charge in [0, 0.05) is 38.4 Å². The van der Waals surface area contributed by atoms with Crippen LogP contribution in [-0.2, 0) is 26.5 Å². The molecule has 2 heterocycles. The minimum atomic E-state index is -0.287. The number of hydrogen-bond donors (Lipinski definition) is 1. The maximum absolute atomic E-state index is 10.5. The number of nitrogens with zero attached hydrogens (tertiary/aromatic N) is 2. The van der Waals surface area contributed by atoms with E-state index in [1.54, 1.807) is 18.3 Å². The Balaban J connectivity index is 0.00000294. The Morgan fingerprint density at radius 3 is 2.24 bits per heavy atom. The van der Waals surface area contributed by atoms with Crippen LogP contribution in [0.1, 0.15) is 25.0 Å². The summed E-state index contributed by atoms with van der Waals surface area (Å²) in [6.45, 7) is 4.42. The van der Waals surface area contributed by atoms with E-state index in [0.717, 1.165) is 33.5 Å². The van der Waals surface area contributed by atoms with Gasteiger partial charge in [-0.3, -0.25) is 4.98 Å². The molecule has 0 atom stereocenters. The van der Waals surface area contributed by atoms with Crippen molar-refractivity contribution in [1.29, 1.82) is 0 Å². The standard InChI is InChI=1S/C33H25N2O2.Pt/c1-33(2,24-13-4-3-5-14-24)25-20-27(22-11-10-12-23(19-22)28-16-8-9-18-34-28)31-30(21-25)37-32(35-31)26-15-6-7-17-29(26)36;/h3-18,20-21,36H,1-2H3;/q-1;. The van der Waals surface area contributed by atoms with Crippen molar-refractivity contribution in [2.24, 2.45) is 0 Å². The molecule has 0 bridgehead atoms. The first kappa shape index (κ1) is 25.6. The Morgan fingerprint density at radius 1 is 0.737 bits per heavy atom. The second-order valence-corrected chi connectivity index (χ2v) is 9.59. The van der Waals surface area contributed by atoms with Crippen molar-refractivity contribution in [2.75, 3.05) is 0 Å². The van der Waals surface area contributed by atoms with Crippen LogP contribution in [0.25, 0.3) is 44.9 Å². The van der Waals surface area contributed by atoms with Gasteiger partial charge in [0.05, 0.1) is 11.1 Å². The molecule has 190 valence electrons. The minimum absolute atomic E-state index is 0. The van der Waals surface area contributed by atoms with Crippen molar-refractivity contribution in [1.82, 2.24) is 9.97 Å². The number of fused-ring (bicyclic) bond motifs is 1. The smallest absolute Gasteiger partial charge is 0.230 e. The topological polar surface area (TPSA) is 59.2 Å². The maximum Gasteiger partial charge on any atom is 0.230 e. The van der Waals surface area contributed by atoms with E-state index in [-0.39, 0.29) is 32.2 Å². The molecular weight excluding hydrogens is 651 g/mol. The van der Waals surface area contributed by atoms with Gasteiger partial charge >= 0.3 is 0 Å². The molecule has 4 nitrogen and oxygen atoms in total. The van der Waals surface area contributed by atoms with Crippen LogP contribution in [0.2, 0.25) is 0 Å². The third-order valence-corrected chi connectivity index (χ3v) is 6.87. The molecule has 0 aliphatic heterocycles. The van der Waals surface area contributed by atoms with Crippen LogP contribution in [0.3, 0.4) is 0 Å². The van der Waals surface area contributed by atoms with Crippen LogP contribution in [0.4, 0.5) is 0 Å². The summed E-state index contributed by atoms with van der Waals surface area (Å²) in [4.78, 5) is 9.36. The second-order valence-electron chi connectivity index (χ2n) is 9.59. The van der Waals surface area contributed by atoms with Crippen molar-refractivity contribution in [3.05, 3.63) is 127 Å². The van der Waals surface area contributed by atoms with Crippen LogP contribution < -0.4 is 0 Å². The molecule has 0 fully saturated rings. The van der Waals surface area contributed by atoms with E-state index >= 15 is 0 Å². The Bertz CT molecular complexity index is 1710. The van der Waals surface area contributed by atoms with Gasteiger partial charge in [0.2, 0.25) is 5.89 Å². The quantitative estimate of drug-likeness (QED) is 0.188. The molecule has 38 heavy (non-hydrogen) atoms. The van der Waals surface area contributed by atoms with E-state index in [4.69, 9.17) is 9.40 Å². The number of pyridine rings is 1. The maximum atomic E-state index is 10.5. The average Bonchev–Trinajstić information content (AvgIpc) is 3.38. The summed E-state index contributed by atoms with van der Waals surface area (Å²) < 4.78 is 6.29. The summed E-state index contributed by atoms with van der Waals surface area (Å²) in [5.41, 5.74) is 7.52. The zero-order chi connectivity index (χ0) is 25.4. The fraction of sp³-hybridized carbons (Fsp3) is 0.0909. The first-order valence-electron chi connectivity index (χ1n) is 12.2. The van der Waals surface area contributed by atoms with Crippen molar-refractivity contribution in [3.63, 3.8) is 0 Å². The van der Waals surface area contributed by atoms with Crippen LogP contribution in [0, 0.1) is 6.07 Å². The summed E-state index contributed by atoms with van der Waals surface area (Å²) in [5.74, 6) is 0.508. The fourth-order valence-electron chi connectivity index (χ4n) is 4.68. The van der Waals surface area contributed by atoms with E-state index in [1.165, 1.54) is 5.56 Å². The second kappa shape index (κ2) is 10.4. The summed E-state index contributed by atoms with van der Waals surface area (Å²) in [5, 5.41) is 10.5. The Labute approximate surface area is 236 Å². The van der Waals surface area contributed by atoms with E-state index in [9.17, 15) is 5.11 Å². The predicted molar refractivity (Wildman–Crippen MR) is 147 cm³/mol. The Morgan fingerprint density at radius 2 is 1.47 bits per heavy atom. The number of phenols is 1. The first-order valence-corrected chi connectivity index (χ1v) is 12.2. The van der Waals surface area contributed by atoms with Crippen LogP contribution >= 0.6 is 0 Å². The molecule has 0 aliphatic carbocycles. The molecule has 1 N–H and O–H groups in total. The third kappa shape index (κ3) is 4.68. The molecule has 5 heteroatoms. The largest absolute Gasteiger partial charge is 0.507 e. The van der Waals surface area contributed by atoms with Crippen LogP contribution in [0.15, 0.2) is 114 Å². The average molecular weight is 677 g/mol. The molecular formula is C33H25N2O2Pt-. The molecule has 2 aromatic heterocycles. The van der Waals surface area contributed by atoms with Gasteiger partial charge in [-0.1, -0.05) is 85.6 Å². The predicted octanol–water partition coefficient (Wildman–Crippen LogP) is 8.05. The zero-order valence-electron chi connectivity index (χ0n) is 21.0. The van der Waals surface area contributed by atoms with Crippen molar-refractivity contribution in [3.8, 4) is 39.6 Å². The number of aromatic hydroxyl groups is 1. The van der Waals surface area contributed by atoms with E-state index in [0.29, 0.717) is 17.0 Å². The van der Waals surface area contributed by atoms with Gasteiger partial charge in [-0.2, -0.15) is 0 Å². The van der Waals surface area contributed by atoms with Crippen LogP contribution in [-0.4, -0.2) is 15.1 Å². The summed E-state index contributed by atoms with van der Waals surface area (Å²) in [6, 6.07) is 37.2. The van der Waals surface area contributed by atoms with Crippen molar-refractivity contribution in [2.45, 2.75) is 19.3 Å². The van der Waals surface area contributed by atoms with Gasteiger partial charge in [-0.05, 0) is 35.4 Å². The number of para-hydroxylation sites is 1. The van der Waals surface area contributed by atoms with E-state index in [2.05, 4.69) is 61.3 Å². The molecule has 0 unspecified atom stereocenters. The normalized spacial score (nSPS) is 11.3. The molecule has 6 aromatic rings. The molecule has 0 saturated heterocycles. The fourth-order valence-corrected chi connectivity index (χ4v) is 4.68. The van der Waals surface area contributed by atoms with Crippen molar-refractivity contribution >= 4 is 11.1 Å². The van der Waals surface area contributed by atoms with Gasteiger partial charge in [-0.15, -0.1) is 29.8 Å². The van der Waals surface area contributed by atoms with Crippen molar-refractivity contribution < 1.29 is 30.6 Å². The SMILES string of the molecule is CC(C)(c1ccccc1)c1cc(-c2[c-]c(-c3ccccn3)ccc2)c2nc(-c3ccccc3O)oc2c1.[Pt]. The minimum Gasteiger partial charge on any atom is -0.507 e. The number of phenolic OH excluding ortho intramolecular Hbond substituents is 1. The molecule has 0 spiro atoms. The molecule has 6 rings (SSSR count). The molecule has 0 amide bonds. The summed E-state index contributed by atoms with van der Waals surface area (Å²) in [6.07, 6.45) is 1.79. The van der Waals surface area contributed by atoms with E-state index < -0.39 is 0 Å². The number of benzene rings is 4. The summed E-state index contributed by atoms with van der Waals surface area (Å²) >= 11 is 0. The van der Waals surface area contributed by atoms with Crippen LogP contribution in [0.5, 0.6) is 5.75 Å². The van der Waals surface area contributed by atoms with Gasteiger partial charge < -0.3 is 9.52 Å². The molecule has 0 aliphatic rings.